The molecule has 0 aliphatic heterocycles. The zero-order valence-corrected chi connectivity index (χ0v) is 9.09. The predicted molar refractivity (Wildman–Crippen MR) is 53.8 cm³/mol. The maximum absolute atomic E-state index is 12.6. The molecule has 0 aliphatic rings. The van der Waals surface area contributed by atoms with Gasteiger partial charge in [-0.2, -0.15) is 13.2 Å². The quantitative estimate of drug-likeness (QED) is 0.753. The van der Waals surface area contributed by atoms with Crippen molar-refractivity contribution < 1.29 is 22.4 Å². The predicted octanol–water partition coefficient (Wildman–Crippen LogP) is 2.39. The molecule has 0 saturated carbocycles. The monoisotopic (exact) mass is 249 g/mol. The summed E-state index contributed by atoms with van der Waals surface area (Å²) in [6.45, 7) is -0.0655. The first-order valence-electron chi connectivity index (χ1n) is 4.87. The Balaban J connectivity index is 2.51. The molecule has 0 spiro atoms. The molecule has 2 nitrogen and oxygen atoms in total. The maximum Gasteiger partial charge on any atom is 0.471 e. The Kier molecular flexibility index (Phi) is 4.09. The number of hydrogen-bond donors (Lipinski definition) is 0. The van der Waals surface area contributed by atoms with Crippen molar-refractivity contribution in [2.24, 2.45) is 0 Å². The summed E-state index contributed by atoms with van der Waals surface area (Å²) in [5.41, 5.74) is 0.674. The molecule has 0 saturated heterocycles. The van der Waals surface area contributed by atoms with Gasteiger partial charge in [-0.25, -0.2) is 4.39 Å². The highest BCUT2D eigenvalue weighted by Gasteiger charge is 2.40. The van der Waals surface area contributed by atoms with E-state index in [4.69, 9.17) is 0 Å². The summed E-state index contributed by atoms with van der Waals surface area (Å²) in [5.74, 6) is -2.28. The third-order valence-corrected chi connectivity index (χ3v) is 2.24. The summed E-state index contributed by atoms with van der Waals surface area (Å²) in [4.78, 5) is 11.4. The molecule has 0 aliphatic carbocycles. The number of amides is 1. The van der Waals surface area contributed by atoms with Crippen molar-refractivity contribution in [3.63, 3.8) is 0 Å². The van der Waals surface area contributed by atoms with E-state index >= 15 is 0 Å². The molecule has 6 heteroatoms. The van der Waals surface area contributed by atoms with E-state index < -0.39 is 17.9 Å². The minimum absolute atomic E-state index is 0.0655. The minimum Gasteiger partial charge on any atom is -0.338 e. The van der Waals surface area contributed by atoms with Crippen molar-refractivity contribution in [1.82, 2.24) is 4.90 Å². The van der Waals surface area contributed by atoms with E-state index in [0.29, 0.717) is 10.5 Å². The topological polar surface area (TPSA) is 20.3 Å². The molecule has 1 amide bonds. The summed E-state index contributed by atoms with van der Waals surface area (Å²) in [6.07, 6.45) is -4.60. The van der Waals surface area contributed by atoms with Gasteiger partial charge in [-0.05, 0) is 24.1 Å². The Labute approximate surface area is 95.8 Å². The number of alkyl halides is 3. The fourth-order valence-electron chi connectivity index (χ4n) is 1.27. The third-order valence-electron chi connectivity index (χ3n) is 2.24. The van der Waals surface area contributed by atoms with Gasteiger partial charge in [0, 0.05) is 13.6 Å². The Morgan fingerprint density at radius 3 is 2.24 bits per heavy atom. The van der Waals surface area contributed by atoms with Crippen LogP contribution < -0.4 is 0 Å². The van der Waals surface area contributed by atoms with Crippen molar-refractivity contribution in [3.8, 4) is 0 Å². The number of nitrogens with zero attached hydrogens (tertiary/aromatic N) is 1. The first-order valence-corrected chi connectivity index (χ1v) is 4.87. The first-order chi connectivity index (χ1) is 7.80. The maximum atomic E-state index is 12.6. The van der Waals surface area contributed by atoms with Crippen LogP contribution in [0.4, 0.5) is 17.6 Å². The molecule has 1 aromatic rings. The van der Waals surface area contributed by atoms with Crippen LogP contribution >= 0.6 is 0 Å². The average Bonchev–Trinajstić information content (AvgIpc) is 2.25. The van der Waals surface area contributed by atoms with Gasteiger partial charge < -0.3 is 4.90 Å². The van der Waals surface area contributed by atoms with E-state index in [1.165, 1.54) is 24.3 Å². The number of halogens is 4. The van der Waals surface area contributed by atoms with Crippen molar-refractivity contribution in [3.05, 3.63) is 35.6 Å². The summed E-state index contributed by atoms with van der Waals surface area (Å²) >= 11 is 0. The van der Waals surface area contributed by atoms with E-state index in [2.05, 4.69) is 0 Å². The van der Waals surface area contributed by atoms with Crippen LogP contribution in [0.5, 0.6) is 0 Å². The van der Waals surface area contributed by atoms with Crippen LogP contribution in [-0.4, -0.2) is 30.6 Å². The second-order valence-corrected chi connectivity index (χ2v) is 3.60. The molecule has 0 aromatic heterocycles. The zero-order valence-electron chi connectivity index (χ0n) is 9.09. The van der Waals surface area contributed by atoms with Gasteiger partial charge in [-0.1, -0.05) is 12.1 Å². The van der Waals surface area contributed by atoms with Gasteiger partial charge >= 0.3 is 12.1 Å². The Morgan fingerprint density at radius 2 is 1.76 bits per heavy atom. The van der Waals surface area contributed by atoms with E-state index in [1.54, 1.807) is 0 Å². The number of carbonyl (C=O) groups excluding carboxylic acids is 1. The van der Waals surface area contributed by atoms with Gasteiger partial charge in [-0.3, -0.25) is 4.79 Å². The highest BCUT2D eigenvalue weighted by Crippen LogP contribution is 2.17. The van der Waals surface area contributed by atoms with E-state index in [-0.39, 0.29) is 13.0 Å². The molecule has 94 valence electrons. The van der Waals surface area contributed by atoms with Crippen LogP contribution in [0.25, 0.3) is 0 Å². The molecule has 17 heavy (non-hydrogen) atoms. The van der Waals surface area contributed by atoms with Gasteiger partial charge in [0.2, 0.25) is 0 Å². The van der Waals surface area contributed by atoms with Gasteiger partial charge in [0.15, 0.2) is 0 Å². The molecule has 0 atom stereocenters. The van der Waals surface area contributed by atoms with Crippen LogP contribution in [0.1, 0.15) is 5.56 Å². The first kappa shape index (κ1) is 13.5. The smallest absolute Gasteiger partial charge is 0.338 e. The number of benzene rings is 1. The molecule has 0 N–H and O–H groups in total. The second kappa shape index (κ2) is 5.16. The lowest BCUT2D eigenvalue weighted by Gasteiger charge is -2.18. The van der Waals surface area contributed by atoms with Gasteiger partial charge in [-0.15, -0.1) is 0 Å². The fraction of sp³-hybridized carbons (Fsp3) is 0.364. The normalized spacial score (nSPS) is 11.4. The van der Waals surface area contributed by atoms with E-state index in [0.717, 1.165) is 7.05 Å². The SMILES string of the molecule is CN(CCc1ccc(F)cc1)C(=O)C(F)(F)F. The summed E-state index contributed by atoms with van der Waals surface area (Å²) in [7, 11) is 1.08. The lowest BCUT2D eigenvalue weighted by atomic mass is 10.1. The lowest BCUT2D eigenvalue weighted by molar-refractivity contribution is -0.184. The Hall–Kier alpha value is -1.59. The van der Waals surface area contributed by atoms with Crippen LogP contribution in [0.2, 0.25) is 0 Å². The number of hydrogen-bond acceptors (Lipinski definition) is 1. The highest BCUT2D eigenvalue weighted by molar-refractivity contribution is 5.81. The standard InChI is InChI=1S/C11H11F4NO/c1-16(10(17)11(13,14)15)7-6-8-2-4-9(12)5-3-8/h2-5H,6-7H2,1H3. The van der Waals surface area contributed by atoms with Crippen molar-refractivity contribution in [1.29, 1.82) is 0 Å². The molecule has 1 aromatic carbocycles. The fourth-order valence-corrected chi connectivity index (χ4v) is 1.27. The van der Waals surface area contributed by atoms with Crippen LogP contribution in [-0.2, 0) is 11.2 Å². The summed E-state index contributed by atoms with van der Waals surface area (Å²) < 4.78 is 48.7. The molecular formula is C11H11F4NO. The molecule has 0 fully saturated rings. The molecular weight excluding hydrogens is 238 g/mol. The van der Waals surface area contributed by atoms with Crippen LogP contribution in [0, 0.1) is 5.82 Å². The molecule has 1 rings (SSSR count). The van der Waals surface area contributed by atoms with Gasteiger partial charge in [0.25, 0.3) is 0 Å². The van der Waals surface area contributed by atoms with Gasteiger partial charge in [0.1, 0.15) is 5.82 Å². The second-order valence-electron chi connectivity index (χ2n) is 3.60. The van der Waals surface area contributed by atoms with Crippen molar-refractivity contribution in [2.45, 2.75) is 12.6 Å². The van der Waals surface area contributed by atoms with Crippen LogP contribution in [0.15, 0.2) is 24.3 Å². The van der Waals surface area contributed by atoms with Crippen molar-refractivity contribution in [2.75, 3.05) is 13.6 Å². The summed E-state index contributed by atoms with van der Waals surface area (Å²) in [5, 5.41) is 0. The molecule has 0 unspecified atom stereocenters. The minimum atomic E-state index is -4.85. The van der Waals surface area contributed by atoms with Crippen LogP contribution in [0.3, 0.4) is 0 Å². The van der Waals surface area contributed by atoms with Crippen molar-refractivity contribution >= 4 is 5.91 Å². The largest absolute Gasteiger partial charge is 0.471 e. The number of rotatable bonds is 3. The third kappa shape index (κ3) is 4.05. The Morgan fingerprint density at radius 1 is 1.24 bits per heavy atom. The molecule has 0 heterocycles. The summed E-state index contributed by atoms with van der Waals surface area (Å²) in [6, 6.07) is 5.39. The number of likely N-dealkylation sites (N-methyl/N-ethyl adjacent to an activating group) is 1. The van der Waals surface area contributed by atoms with E-state index in [9.17, 15) is 22.4 Å². The molecule has 0 bridgehead atoms. The highest BCUT2D eigenvalue weighted by atomic mass is 19.4. The zero-order chi connectivity index (χ0) is 13.1. The lowest BCUT2D eigenvalue weighted by Crippen LogP contribution is -2.39. The average molecular weight is 249 g/mol. The van der Waals surface area contributed by atoms with Gasteiger partial charge in [0.05, 0.1) is 0 Å². The molecule has 0 radical (unpaired) electrons. The number of carbonyl (C=O) groups is 1. The Bertz CT molecular complexity index is 385. The van der Waals surface area contributed by atoms with E-state index in [1.807, 2.05) is 0 Å².